The van der Waals surface area contributed by atoms with Gasteiger partial charge in [-0.25, -0.2) is 0 Å². The first-order chi connectivity index (χ1) is 8.94. The Hall–Kier alpha value is -0.610. The standard InChI is InChI=1S/C15H27N3O/c1-10(2)13-16-15(6-7-15)14(19)18(13)12-5-8-17(4)9-11(12)3/h10-13,16H,5-9H2,1-4H3. The maximum absolute atomic E-state index is 12.8. The lowest BCUT2D eigenvalue weighted by Gasteiger charge is -2.43. The van der Waals surface area contributed by atoms with Gasteiger partial charge in [-0.05, 0) is 44.7 Å². The number of likely N-dealkylation sites (tertiary alicyclic amines) is 1. The Morgan fingerprint density at radius 1 is 1.37 bits per heavy atom. The molecule has 108 valence electrons. The van der Waals surface area contributed by atoms with Gasteiger partial charge in [0.1, 0.15) is 0 Å². The average Bonchev–Trinajstić information content (AvgIpc) is 3.05. The molecular formula is C15H27N3O. The molecule has 1 N–H and O–H groups in total. The molecule has 1 amide bonds. The van der Waals surface area contributed by atoms with Gasteiger partial charge < -0.3 is 9.80 Å². The highest BCUT2D eigenvalue weighted by Crippen LogP contribution is 2.45. The van der Waals surface area contributed by atoms with Gasteiger partial charge in [0.2, 0.25) is 5.91 Å². The summed E-state index contributed by atoms with van der Waals surface area (Å²) in [6.45, 7) is 8.95. The van der Waals surface area contributed by atoms with Crippen LogP contribution in [0.15, 0.2) is 0 Å². The number of hydrogen-bond donors (Lipinski definition) is 1. The summed E-state index contributed by atoms with van der Waals surface area (Å²) in [7, 11) is 2.18. The number of hydrogen-bond acceptors (Lipinski definition) is 3. The summed E-state index contributed by atoms with van der Waals surface area (Å²) in [6, 6.07) is 0.420. The van der Waals surface area contributed by atoms with Gasteiger partial charge in [0.25, 0.3) is 0 Å². The highest BCUT2D eigenvalue weighted by Gasteiger charge is 2.61. The fraction of sp³-hybridized carbons (Fsp3) is 0.933. The van der Waals surface area contributed by atoms with Gasteiger partial charge in [0.15, 0.2) is 0 Å². The van der Waals surface area contributed by atoms with Crippen LogP contribution < -0.4 is 5.32 Å². The van der Waals surface area contributed by atoms with Crippen LogP contribution in [-0.4, -0.2) is 53.6 Å². The van der Waals surface area contributed by atoms with E-state index in [1.165, 1.54) is 0 Å². The Balaban J connectivity index is 1.82. The SMILES string of the molecule is CC(C)C1NC2(CC2)C(=O)N1C1CCN(C)CC1C. The predicted molar refractivity (Wildman–Crippen MR) is 75.6 cm³/mol. The number of rotatable bonds is 2. The lowest BCUT2D eigenvalue weighted by molar-refractivity contribution is -0.136. The van der Waals surface area contributed by atoms with Crippen molar-refractivity contribution in [2.45, 2.75) is 57.8 Å². The summed E-state index contributed by atoms with van der Waals surface area (Å²) in [5, 5.41) is 3.63. The van der Waals surface area contributed by atoms with Crippen LogP contribution in [0.1, 0.15) is 40.0 Å². The summed E-state index contributed by atoms with van der Waals surface area (Å²) in [6.07, 6.45) is 3.43. The summed E-state index contributed by atoms with van der Waals surface area (Å²) >= 11 is 0. The number of nitrogens with zero attached hydrogens (tertiary/aromatic N) is 2. The summed E-state index contributed by atoms with van der Waals surface area (Å²) in [5.74, 6) is 1.43. The van der Waals surface area contributed by atoms with Crippen LogP contribution in [0, 0.1) is 11.8 Å². The fourth-order valence-electron chi connectivity index (χ4n) is 3.87. The van der Waals surface area contributed by atoms with Crippen LogP contribution in [0.5, 0.6) is 0 Å². The minimum absolute atomic E-state index is 0.169. The van der Waals surface area contributed by atoms with E-state index in [4.69, 9.17) is 0 Å². The molecule has 0 aromatic heterocycles. The first kappa shape index (κ1) is 13.4. The molecule has 3 rings (SSSR count). The van der Waals surface area contributed by atoms with Crippen LogP contribution in [0.4, 0.5) is 0 Å². The third kappa shape index (κ3) is 2.09. The highest BCUT2D eigenvalue weighted by atomic mass is 16.2. The third-order valence-corrected chi connectivity index (χ3v) is 5.17. The van der Waals surface area contributed by atoms with Gasteiger partial charge in [0, 0.05) is 12.6 Å². The van der Waals surface area contributed by atoms with Gasteiger partial charge in [-0.15, -0.1) is 0 Å². The fourth-order valence-corrected chi connectivity index (χ4v) is 3.87. The maximum atomic E-state index is 12.8. The summed E-state index contributed by atoms with van der Waals surface area (Å²) in [5.41, 5.74) is -0.169. The number of carbonyl (C=O) groups is 1. The van der Waals surface area contributed by atoms with Crippen molar-refractivity contribution < 1.29 is 4.79 Å². The van der Waals surface area contributed by atoms with E-state index in [2.05, 4.69) is 42.9 Å². The molecule has 0 aromatic carbocycles. The smallest absolute Gasteiger partial charge is 0.244 e. The molecule has 4 nitrogen and oxygen atoms in total. The molecule has 3 fully saturated rings. The number of piperidine rings is 1. The average molecular weight is 265 g/mol. The lowest BCUT2D eigenvalue weighted by Crippen LogP contribution is -2.54. The summed E-state index contributed by atoms with van der Waals surface area (Å²) < 4.78 is 0. The molecule has 0 aromatic rings. The molecular weight excluding hydrogens is 238 g/mol. The van der Waals surface area contributed by atoms with Crippen molar-refractivity contribution in [3.8, 4) is 0 Å². The molecule has 1 aliphatic carbocycles. The molecule has 1 saturated carbocycles. The third-order valence-electron chi connectivity index (χ3n) is 5.17. The van der Waals surface area contributed by atoms with E-state index in [9.17, 15) is 4.79 Å². The van der Waals surface area contributed by atoms with Crippen molar-refractivity contribution in [3.63, 3.8) is 0 Å². The molecule has 3 aliphatic rings. The van der Waals surface area contributed by atoms with E-state index in [0.29, 0.717) is 23.8 Å². The van der Waals surface area contributed by atoms with E-state index in [1.54, 1.807) is 0 Å². The van der Waals surface area contributed by atoms with E-state index >= 15 is 0 Å². The zero-order chi connectivity index (χ0) is 13.8. The molecule has 0 radical (unpaired) electrons. The molecule has 2 aliphatic heterocycles. The van der Waals surface area contributed by atoms with Crippen LogP contribution in [0.3, 0.4) is 0 Å². The van der Waals surface area contributed by atoms with Crippen molar-refractivity contribution in [1.29, 1.82) is 0 Å². The Bertz CT molecular complexity index is 378. The van der Waals surface area contributed by atoms with E-state index in [1.807, 2.05) is 0 Å². The van der Waals surface area contributed by atoms with Crippen molar-refractivity contribution in [2.75, 3.05) is 20.1 Å². The normalized spacial score (nSPS) is 38.5. The Kier molecular flexibility index (Phi) is 3.13. The van der Waals surface area contributed by atoms with E-state index in [0.717, 1.165) is 32.4 Å². The molecule has 2 heterocycles. The zero-order valence-corrected chi connectivity index (χ0v) is 12.6. The van der Waals surface area contributed by atoms with Gasteiger partial charge in [-0.2, -0.15) is 0 Å². The van der Waals surface area contributed by atoms with Gasteiger partial charge in [0.05, 0.1) is 11.7 Å². The zero-order valence-electron chi connectivity index (χ0n) is 12.6. The predicted octanol–water partition coefficient (Wildman–Crippen LogP) is 1.27. The monoisotopic (exact) mass is 265 g/mol. The molecule has 4 heteroatoms. The van der Waals surface area contributed by atoms with Crippen LogP contribution in [0.25, 0.3) is 0 Å². The Labute approximate surface area is 116 Å². The van der Waals surface area contributed by atoms with Crippen molar-refractivity contribution >= 4 is 5.91 Å². The Morgan fingerprint density at radius 3 is 2.58 bits per heavy atom. The summed E-state index contributed by atoms with van der Waals surface area (Å²) in [4.78, 5) is 17.4. The number of carbonyl (C=O) groups excluding carboxylic acids is 1. The van der Waals surface area contributed by atoms with E-state index in [-0.39, 0.29) is 11.7 Å². The molecule has 3 unspecified atom stereocenters. The second-order valence-electron chi connectivity index (χ2n) is 7.22. The minimum atomic E-state index is -0.169. The van der Waals surface area contributed by atoms with Gasteiger partial charge >= 0.3 is 0 Å². The first-order valence-electron chi connectivity index (χ1n) is 7.73. The molecule has 19 heavy (non-hydrogen) atoms. The molecule has 1 spiro atoms. The van der Waals surface area contributed by atoms with Crippen LogP contribution in [0.2, 0.25) is 0 Å². The quantitative estimate of drug-likeness (QED) is 0.817. The molecule has 3 atom stereocenters. The first-order valence-corrected chi connectivity index (χ1v) is 7.73. The minimum Gasteiger partial charge on any atom is -0.322 e. The highest BCUT2D eigenvalue weighted by molar-refractivity contribution is 5.92. The van der Waals surface area contributed by atoms with Crippen molar-refractivity contribution in [1.82, 2.24) is 15.1 Å². The van der Waals surface area contributed by atoms with Crippen molar-refractivity contribution in [2.24, 2.45) is 11.8 Å². The van der Waals surface area contributed by atoms with Crippen LogP contribution in [-0.2, 0) is 4.79 Å². The van der Waals surface area contributed by atoms with E-state index < -0.39 is 0 Å². The van der Waals surface area contributed by atoms with Crippen LogP contribution >= 0.6 is 0 Å². The Morgan fingerprint density at radius 2 is 2.05 bits per heavy atom. The second kappa shape index (κ2) is 4.45. The van der Waals surface area contributed by atoms with Gasteiger partial charge in [-0.3, -0.25) is 10.1 Å². The molecule has 2 saturated heterocycles. The molecule has 0 bridgehead atoms. The number of nitrogens with one attached hydrogen (secondary N) is 1. The lowest BCUT2D eigenvalue weighted by atomic mass is 9.91. The maximum Gasteiger partial charge on any atom is 0.244 e. The second-order valence-corrected chi connectivity index (χ2v) is 7.22. The van der Waals surface area contributed by atoms with Crippen molar-refractivity contribution in [3.05, 3.63) is 0 Å². The largest absolute Gasteiger partial charge is 0.322 e. The van der Waals surface area contributed by atoms with Gasteiger partial charge in [-0.1, -0.05) is 20.8 Å². The topological polar surface area (TPSA) is 35.6 Å². The number of amides is 1.